The van der Waals surface area contributed by atoms with E-state index in [2.05, 4.69) is 37.9 Å². The first kappa shape index (κ1) is 26.7. The quantitative estimate of drug-likeness (QED) is 0.471. The summed E-state index contributed by atoms with van der Waals surface area (Å²) >= 11 is 0. The highest BCUT2D eigenvalue weighted by Gasteiger charge is 2.13. The fourth-order valence-corrected chi connectivity index (χ4v) is 3.26. The van der Waals surface area contributed by atoms with Gasteiger partial charge in [-0.1, -0.05) is 27.7 Å². The third kappa shape index (κ3) is 14.8. The van der Waals surface area contributed by atoms with Gasteiger partial charge in [0.05, 0.1) is 32.7 Å². The number of nitrogens with zero attached hydrogens (tertiary/aromatic N) is 1. The highest BCUT2D eigenvalue weighted by atomic mass is 35.5. The largest absolute Gasteiger partial charge is 1.00 e. The summed E-state index contributed by atoms with van der Waals surface area (Å²) in [5.41, 5.74) is 0. The van der Waals surface area contributed by atoms with Crippen molar-refractivity contribution in [2.75, 3.05) is 52.4 Å². The lowest BCUT2D eigenvalue weighted by molar-refractivity contribution is -0.905. The molecule has 3 nitrogen and oxygen atoms in total. The Bertz CT molecular complexity index is 225. The first-order valence-electron chi connectivity index (χ1n) is 9.95. The van der Waals surface area contributed by atoms with Crippen molar-refractivity contribution in [1.82, 2.24) is 4.90 Å². The Morgan fingerprint density at radius 2 is 1.38 bits per heavy atom. The predicted molar refractivity (Wildman–Crippen MR) is 96.4 cm³/mol. The zero-order chi connectivity index (χ0) is 16.2. The van der Waals surface area contributed by atoms with E-state index >= 15 is 0 Å². The number of nitrogens with one attached hydrogen (secondary N) is 1. The molecule has 2 rings (SSSR count). The highest BCUT2D eigenvalue weighted by Crippen LogP contribution is 2.01. The fourth-order valence-electron chi connectivity index (χ4n) is 3.26. The van der Waals surface area contributed by atoms with Crippen LogP contribution < -0.4 is 35.0 Å². The van der Waals surface area contributed by atoms with Crippen molar-refractivity contribution >= 4 is 0 Å². The Kier molecular flexibility index (Phi) is 18.8. The molecule has 5 heteroatoms. The molecule has 0 saturated carbocycles. The van der Waals surface area contributed by atoms with Crippen LogP contribution >= 0.6 is 0 Å². The molecule has 0 unspecified atom stereocenters. The van der Waals surface area contributed by atoms with Gasteiger partial charge >= 0.3 is 0 Å². The van der Waals surface area contributed by atoms with Crippen LogP contribution in [0.1, 0.15) is 59.8 Å². The Balaban J connectivity index is 0. The third-order valence-corrected chi connectivity index (χ3v) is 4.96. The second-order valence-corrected chi connectivity index (χ2v) is 8.13. The molecule has 0 aliphatic carbocycles. The number of hydrogen-bond acceptors (Lipinski definition) is 1. The minimum atomic E-state index is 0. The number of nitrogens with two attached hydrogens (primary N) is 1. The zero-order valence-corrected chi connectivity index (χ0v) is 18.1. The maximum Gasteiger partial charge on any atom is 0.0885 e. The van der Waals surface area contributed by atoms with Gasteiger partial charge in [0.2, 0.25) is 0 Å². The second-order valence-electron chi connectivity index (χ2n) is 8.13. The lowest BCUT2D eigenvalue weighted by Crippen LogP contribution is -3.12. The topological polar surface area (TPSA) is 24.3 Å². The molecule has 2 fully saturated rings. The summed E-state index contributed by atoms with van der Waals surface area (Å²) in [7, 11) is 0. The summed E-state index contributed by atoms with van der Waals surface area (Å²) in [6, 6.07) is 0. The molecule has 3 N–H and O–H groups in total. The predicted octanol–water partition coefficient (Wildman–Crippen LogP) is -4.98. The lowest BCUT2D eigenvalue weighted by atomic mass is 10.1. The molecule has 0 atom stereocenters. The maximum atomic E-state index is 2.58. The SMILES string of the molecule is CC(C)CCN1CC[NH2+]CC1.CC(C)CC[NH+]1CCCCC1.[Cl-].[Cl-]. The Morgan fingerprint density at radius 3 is 1.88 bits per heavy atom. The van der Waals surface area contributed by atoms with Crippen LogP contribution in [-0.4, -0.2) is 57.3 Å². The summed E-state index contributed by atoms with van der Waals surface area (Å²) in [5, 5.41) is 2.41. The van der Waals surface area contributed by atoms with Crippen molar-refractivity contribution in [1.29, 1.82) is 0 Å². The van der Waals surface area contributed by atoms with Crippen molar-refractivity contribution < 1.29 is 35.0 Å². The van der Waals surface area contributed by atoms with Crippen LogP contribution in [0.5, 0.6) is 0 Å². The van der Waals surface area contributed by atoms with Gasteiger partial charge in [-0.05, 0) is 50.5 Å². The molecule has 2 aliphatic heterocycles. The zero-order valence-electron chi connectivity index (χ0n) is 16.6. The van der Waals surface area contributed by atoms with Crippen LogP contribution in [-0.2, 0) is 0 Å². The van der Waals surface area contributed by atoms with E-state index in [9.17, 15) is 0 Å². The Labute approximate surface area is 164 Å². The van der Waals surface area contributed by atoms with Gasteiger partial charge in [-0.25, -0.2) is 0 Å². The van der Waals surface area contributed by atoms with Crippen LogP contribution in [0.2, 0.25) is 0 Å². The van der Waals surface area contributed by atoms with Gasteiger partial charge in [0.1, 0.15) is 0 Å². The monoisotopic (exact) mass is 383 g/mol. The molecule has 2 aliphatic rings. The standard InChI is InChI=1S/C10H21N.C9H20N2.2ClH/c1-10(2)6-9-11-7-4-3-5-8-11;1-9(2)3-6-11-7-4-10-5-8-11;;/h10H,3-9H2,1-2H3;9-10H,3-8H2,1-2H3;2*1H. The van der Waals surface area contributed by atoms with Crippen LogP contribution in [0.4, 0.5) is 0 Å². The minimum absolute atomic E-state index is 0. The van der Waals surface area contributed by atoms with Gasteiger partial charge in [0.15, 0.2) is 0 Å². The molecule has 0 aromatic carbocycles. The molecule has 0 aromatic rings. The van der Waals surface area contributed by atoms with E-state index in [1.165, 1.54) is 84.5 Å². The number of hydrogen-bond donors (Lipinski definition) is 2. The number of rotatable bonds is 6. The van der Waals surface area contributed by atoms with Crippen LogP contribution in [0.3, 0.4) is 0 Å². The maximum absolute atomic E-state index is 2.58. The number of piperazine rings is 1. The van der Waals surface area contributed by atoms with E-state index in [4.69, 9.17) is 0 Å². The lowest BCUT2D eigenvalue weighted by Gasteiger charge is -2.25. The summed E-state index contributed by atoms with van der Waals surface area (Å²) in [5.74, 6) is 1.75. The van der Waals surface area contributed by atoms with Crippen molar-refractivity contribution in [2.24, 2.45) is 11.8 Å². The first-order valence-corrected chi connectivity index (χ1v) is 9.95. The third-order valence-electron chi connectivity index (χ3n) is 4.96. The molecule has 24 heavy (non-hydrogen) atoms. The van der Waals surface area contributed by atoms with E-state index in [1.807, 2.05) is 4.90 Å². The Hall–Kier alpha value is 0.460. The molecule has 0 radical (unpaired) electrons. The molecule has 148 valence electrons. The van der Waals surface area contributed by atoms with Crippen LogP contribution in [0.15, 0.2) is 0 Å². The number of quaternary nitrogens is 2. The second kappa shape index (κ2) is 16.9. The average Bonchev–Trinajstić information content (AvgIpc) is 2.53. The molecule has 0 amide bonds. The van der Waals surface area contributed by atoms with E-state index in [0.717, 1.165) is 11.8 Å². The summed E-state index contributed by atoms with van der Waals surface area (Å²) in [6.07, 6.45) is 7.18. The first-order chi connectivity index (χ1) is 10.6. The summed E-state index contributed by atoms with van der Waals surface area (Å²) in [4.78, 5) is 4.44. The van der Waals surface area contributed by atoms with E-state index in [0.29, 0.717) is 0 Å². The highest BCUT2D eigenvalue weighted by molar-refractivity contribution is 4.60. The van der Waals surface area contributed by atoms with Gasteiger partial charge in [-0.15, -0.1) is 0 Å². The molecule has 2 saturated heterocycles. The number of piperidine rings is 1. The van der Waals surface area contributed by atoms with Crippen molar-refractivity contribution in [3.63, 3.8) is 0 Å². The molecule has 0 spiro atoms. The van der Waals surface area contributed by atoms with E-state index in [1.54, 1.807) is 0 Å². The molecule has 0 bridgehead atoms. The van der Waals surface area contributed by atoms with Crippen molar-refractivity contribution in [3.05, 3.63) is 0 Å². The van der Waals surface area contributed by atoms with Gasteiger partial charge < -0.3 is 35.0 Å². The smallest absolute Gasteiger partial charge is 0.0885 e. The van der Waals surface area contributed by atoms with Crippen molar-refractivity contribution in [2.45, 2.75) is 59.8 Å². The van der Waals surface area contributed by atoms with Crippen molar-refractivity contribution in [3.8, 4) is 0 Å². The normalized spacial score (nSPS) is 19.2. The average molecular weight is 384 g/mol. The van der Waals surface area contributed by atoms with E-state index < -0.39 is 0 Å². The number of likely N-dealkylation sites (tertiary alicyclic amines) is 1. The van der Waals surface area contributed by atoms with Gasteiger partial charge in [-0.2, -0.15) is 0 Å². The molecular weight excluding hydrogens is 341 g/mol. The molecule has 0 aromatic heterocycles. The van der Waals surface area contributed by atoms with Gasteiger partial charge in [-0.3, -0.25) is 4.90 Å². The van der Waals surface area contributed by atoms with Crippen LogP contribution in [0.25, 0.3) is 0 Å². The molecule has 2 heterocycles. The Morgan fingerprint density at radius 1 is 0.833 bits per heavy atom. The molecular formula is C19H43Cl2N3. The summed E-state index contributed by atoms with van der Waals surface area (Å²) < 4.78 is 0. The van der Waals surface area contributed by atoms with Gasteiger partial charge in [0, 0.05) is 13.1 Å². The number of halogens is 2. The summed E-state index contributed by atoms with van der Waals surface area (Å²) in [6.45, 7) is 20.1. The fraction of sp³-hybridized carbons (Fsp3) is 1.00. The minimum Gasteiger partial charge on any atom is -1.00 e. The van der Waals surface area contributed by atoms with Crippen LogP contribution in [0, 0.1) is 11.8 Å². The van der Waals surface area contributed by atoms with E-state index in [-0.39, 0.29) is 24.8 Å². The van der Waals surface area contributed by atoms with Gasteiger partial charge in [0.25, 0.3) is 0 Å².